The quantitative estimate of drug-likeness (QED) is 0.717. The van der Waals surface area contributed by atoms with Gasteiger partial charge in [-0.3, -0.25) is 19.9 Å². The third-order valence-electron chi connectivity index (χ3n) is 3.55. The van der Waals surface area contributed by atoms with E-state index in [2.05, 4.69) is 16.3 Å². The van der Waals surface area contributed by atoms with Crippen LogP contribution in [0.25, 0.3) is 0 Å². The molecule has 1 atom stereocenters. The van der Waals surface area contributed by atoms with Gasteiger partial charge in [-0.15, -0.1) is 0 Å². The van der Waals surface area contributed by atoms with Crippen LogP contribution in [0.5, 0.6) is 0 Å². The van der Waals surface area contributed by atoms with Crippen LogP contribution in [0.1, 0.15) is 20.8 Å². The summed E-state index contributed by atoms with van der Waals surface area (Å²) in [6, 6.07) is 1.04. The topological polar surface area (TPSA) is 102 Å². The number of carbonyl (C=O) groups excluding carboxylic acids is 2. The van der Waals surface area contributed by atoms with Crippen LogP contribution < -0.4 is 11.1 Å². The number of carbonyl (C=O) groups is 2. The number of primary amides is 1. The Hall–Kier alpha value is -1.65. The summed E-state index contributed by atoms with van der Waals surface area (Å²) in [6.45, 7) is 8.29. The summed E-state index contributed by atoms with van der Waals surface area (Å²) in [5, 5.41) is 11.2. The van der Waals surface area contributed by atoms with Crippen molar-refractivity contribution in [2.45, 2.75) is 32.4 Å². The predicted octanol–water partition coefficient (Wildman–Crippen LogP) is -0.510. The maximum absolute atomic E-state index is 11.7. The Morgan fingerprint density at radius 2 is 1.84 bits per heavy atom. The molecule has 0 radical (unpaired) electrons. The molecule has 0 bridgehead atoms. The second-order valence-corrected chi connectivity index (χ2v) is 5.22. The van der Waals surface area contributed by atoms with E-state index in [4.69, 9.17) is 11.0 Å². The highest BCUT2D eigenvalue weighted by Crippen LogP contribution is 2.16. The molecule has 0 aromatic rings. The number of nitrogens with two attached hydrogens (primary N) is 1. The van der Waals surface area contributed by atoms with E-state index >= 15 is 0 Å². The van der Waals surface area contributed by atoms with Crippen LogP contribution in [-0.4, -0.2) is 59.5 Å². The molecule has 1 saturated heterocycles. The van der Waals surface area contributed by atoms with E-state index in [0.29, 0.717) is 13.1 Å². The summed E-state index contributed by atoms with van der Waals surface area (Å²) in [6.07, 6.45) is 0. The Bertz CT molecular complexity index is 393. The van der Waals surface area contributed by atoms with Crippen molar-refractivity contribution in [2.24, 2.45) is 5.73 Å². The number of urea groups is 1. The number of imide groups is 1. The number of hydrogen-bond acceptors (Lipinski definition) is 5. The molecule has 1 fully saturated rings. The number of nitriles is 1. The Balaban J connectivity index is 2.52. The smallest absolute Gasteiger partial charge is 0.318 e. The van der Waals surface area contributed by atoms with Gasteiger partial charge in [0.25, 0.3) is 0 Å². The normalized spacial score (nSPS) is 19.5. The molecule has 1 aliphatic heterocycles. The van der Waals surface area contributed by atoms with Crippen LogP contribution in [0, 0.1) is 11.3 Å². The zero-order valence-electron chi connectivity index (χ0n) is 11.6. The summed E-state index contributed by atoms with van der Waals surface area (Å²) in [5.74, 6) is -0.388. The third-order valence-corrected chi connectivity index (χ3v) is 3.55. The van der Waals surface area contributed by atoms with E-state index in [-0.39, 0.29) is 5.91 Å². The van der Waals surface area contributed by atoms with E-state index in [1.165, 1.54) is 0 Å². The first-order valence-electron chi connectivity index (χ1n) is 6.28. The van der Waals surface area contributed by atoms with Crippen molar-refractivity contribution in [1.82, 2.24) is 15.1 Å². The standard InChI is InChI=1S/C12H21N5O2/c1-9(10(18)15-11(14)19)16-4-6-17(7-5-16)12(2,3)8-13/h9H,4-7H2,1-3H3,(H3,14,15,18,19). The highest BCUT2D eigenvalue weighted by atomic mass is 16.2. The third kappa shape index (κ3) is 3.91. The number of piperazine rings is 1. The molecule has 3 N–H and O–H groups in total. The van der Waals surface area contributed by atoms with Gasteiger partial charge in [0.2, 0.25) is 5.91 Å². The maximum Gasteiger partial charge on any atom is 0.318 e. The summed E-state index contributed by atoms with van der Waals surface area (Å²) in [7, 11) is 0. The number of nitrogens with one attached hydrogen (secondary N) is 1. The minimum absolute atomic E-state index is 0.388. The first-order chi connectivity index (χ1) is 8.77. The van der Waals surface area contributed by atoms with Crippen molar-refractivity contribution in [2.75, 3.05) is 26.2 Å². The van der Waals surface area contributed by atoms with E-state index in [1.807, 2.05) is 18.7 Å². The number of amides is 3. The second-order valence-electron chi connectivity index (χ2n) is 5.22. The summed E-state index contributed by atoms with van der Waals surface area (Å²) in [5.41, 5.74) is 4.43. The number of rotatable bonds is 3. The average Bonchev–Trinajstić information content (AvgIpc) is 2.37. The fourth-order valence-corrected chi connectivity index (χ4v) is 2.13. The largest absolute Gasteiger partial charge is 0.351 e. The fourth-order valence-electron chi connectivity index (χ4n) is 2.13. The van der Waals surface area contributed by atoms with Crippen LogP contribution in [0.15, 0.2) is 0 Å². The van der Waals surface area contributed by atoms with Crippen molar-refractivity contribution in [3.63, 3.8) is 0 Å². The zero-order chi connectivity index (χ0) is 14.6. The molecule has 0 spiro atoms. The Kier molecular flexibility index (Phi) is 4.86. The van der Waals surface area contributed by atoms with Gasteiger partial charge in [0.05, 0.1) is 12.1 Å². The number of hydrogen-bond donors (Lipinski definition) is 2. The van der Waals surface area contributed by atoms with Crippen molar-refractivity contribution in [3.8, 4) is 6.07 Å². The van der Waals surface area contributed by atoms with Crippen LogP contribution in [-0.2, 0) is 4.79 Å². The van der Waals surface area contributed by atoms with Gasteiger partial charge in [0.1, 0.15) is 5.54 Å². The molecule has 1 rings (SSSR count). The monoisotopic (exact) mass is 267 g/mol. The molecular formula is C12H21N5O2. The van der Waals surface area contributed by atoms with Gasteiger partial charge in [-0.05, 0) is 20.8 Å². The van der Waals surface area contributed by atoms with E-state index < -0.39 is 17.6 Å². The van der Waals surface area contributed by atoms with Gasteiger partial charge in [0, 0.05) is 26.2 Å². The van der Waals surface area contributed by atoms with Crippen LogP contribution in [0.3, 0.4) is 0 Å². The van der Waals surface area contributed by atoms with E-state index in [9.17, 15) is 9.59 Å². The van der Waals surface area contributed by atoms with E-state index in [1.54, 1.807) is 6.92 Å². The molecule has 1 aliphatic rings. The van der Waals surface area contributed by atoms with Gasteiger partial charge in [-0.2, -0.15) is 5.26 Å². The number of nitrogens with zero attached hydrogens (tertiary/aromatic N) is 3. The van der Waals surface area contributed by atoms with Crippen molar-refractivity contribution in [3.05, 3.63) is 0 Å². The highest BCUT2D eigenvalue weighted by Gasteiger charge is 2.32. The molecule has 7 nitrogen and oxygen atoms in total. The lowest BCUT2D eigenvalue weighted by molar-refractivity contribution is -0.125. The molecule has 0 aromatic heterocycles. The van der Waals surface area contributed by atoms with Gasteiger partial charge >= 0.3 is 6.03 Å². The first kappa shape index (κ1) is 15.4. The molecule has 106 valence electrons. The van der Waals surface area contributed by atoms with Gasteiger partial charge in [-0.1, -0.05) is 0 Å². The summed E-state index contributed by atoms with van der Waals surface area (Å²) >= 11 is 0. The molecule has 1 heterocycles. The molecule has 1 unspecified atom stereocenters. The van der Waals surface area contributed by atoms with Crippen LogP contribution in [0.2, 0.25) is 0 Å². The fraction of sp³-hybridized carbons (Fsp3) is 0.750. The Morgan fingerprint density at radius 1 is 1.32 bits per heavy atom. The molecular weight excluding hydrogens is 246 g/mol. The average molecular weight is 267 g/mol. The first-order valence-corrected chi connectivity index (χ1v) is 6.28. The lowest BCUT2D eigenvalue weighted by Gasteiger charge is -2.42. The van der Waals surface area contributed by atoms with Crippen LogP contribution in [0.4, 0.5) is 4.79 Å². The SMILES string of the molecule is CC(C(=O)NC(N)=O)N1CCN(C(C)(C)C#N)CC1. The van der Waals surface area contributed by atoms with E-state index in [0.717, 1.165) is 13.1 Å². The van der Waals surface area contributed by atoms with Crippen molar-refractivity contribution in [1.29, 1.82) is 5.26 Å². The lowest BCUT2D eigenvalue weighted by Crippen LogP contribution is -2.58. The highest BCUT2D eigenvalue weighted by molar-refractivity contribution is 5.96. The molecule has 3 amide bonds. The van der Waals surface area contributed by atoms with Gasteiger partial charge in [-0.25, -0.2) is 4.79 Å². The molecule has 0 aromatic carbocycles. The van der Waals surface area contributed by atoms with Crippen molar-refractivity contribution < 1.29 is 9.59 Å². The van der Waals surface area contributed by atoms with Crippen LogP contribution >= 0.6 is 0 Å². The molecule has 7 heteroatoms. The summed E-state index contributed by atoms with van der Waals surface area (Å²) < 4.78 is 0. The lowest BCUT2D eigenvalue weighted by atomic mass is 10.0. The Labute approximate surface area is 113 Å². The molecule has 0 saturated carbocycles. The second kappa shape index (κ2) is 5.99. The van der Waals surface area contributed by atoms with Gasteiger partial charge < -0.3 is 5.73 Å². The van der Waals surface area contributed by atoms with Crippen molar-refractivity contribution >= 4 is 11.9 Å². The maximum atomic E-state index is 11.7. The summed E-state index contributed by atoms with van der Waals surface area (Å²) in [4.78, 5) is 26.4. The minimum Gasteiger partial charge on any atom is -0.351 e. The minimum atomic E-state index is -0.832. The molecule has 19 heavy (non-hydrogen) atoms. The molecule has 0 aliphatic carbocycles. The predicted molar refractivity (Wildman–Crippen MR) is 70.0 cm³/mol. The Morgan fingerprint density at radius 3 is 2.26 bits per heavy atom. The van der Waals surface area contributed by atoms with Gasteiger partial charge in [0.15, 0.2) is 0 Å². The zero-order valence-corrected chi connectivity index (χ0v) is 11.6.